The summed E-state index contributed by atoms with van der Waals surface area (Å²) in [5, 5.41) is 1.20. The number of fused-ring (bicyclic) bond motifs is 1. The minimum Gasteiger partial charge on any atom is -0.338 e. The Kier molecular flexibility index (Phi) is 3.85. The Morgan fingerprint density at radius 2 is 2.00 bits per heavy atom. The van der Waals surface area contributed by atoms with Crippen LogP contribution >= 0.6 is 11.8 Å². The number of hydrogen-bond acceptors (Lipinski definition) is 4. The van der Waals surface area contributed by atoms with E-state index in [1.54, 1.807) is 0 Å². The zero-order chi connectivity index (χ0) is 15.8. The highest BCUT2D eigenvalue weighted by Crippen LogP contribution is 2.48. The van der Waals surface area contributed by atoms with E-state index in [0.29, 0.717) is 6.04 Å². The number of thioether (sulfide) groups is 1. The van der Waals surface area contributed by atoms with Gasteiger partial charge in [0.05, 0.1) is 11.7 Å². The van der Waals surface area contributed by atoms with Crippen molar-refractivity contribution in [1.82, 2.24) is 9.88 Å². The first kappa shape index (κ1) is 14.8. The molecule has 23 heavy (non-hydrogen) atoms. The maximum atomic E-state index is 5.06. The van der Waals surface area contributed by atoms with Crippen LogP contribution in [0.5, 0.6) is 0 Å². The molecule has 3 atom stereocenters. The summed E-state index contributed by atoms with van der Waals surface area (Å²) >= 11 is 1.90. The Bertz CT molecular complexity index is 728. The number of rotatable bonds is 3. The van der Waals surface area contributed by atoms with Crippen LogP contribution in [-0.4, -0.2) is 26.8 Å². The standard InChI is InChI=1S/C19H21N3S/c1-3-14-12-23-19-21-17(16-10-6-7-11-20-16)18(22(14)19)15-9-5-4-8-13(15)2/h4-11,14,17-18H,3,12H2,1-2H3/t14-,17-,18+/m1/s1. The van der Waals surface area contributed by atoms with Crippen molar-refractivity contribution in [2.75, 3.05) is 5.75 Å². The summed E-state index contributed by atoms with van der Waals surface area (Å²) in [7, 11) is 0. The topological polar surface area (TPSA) is 28.5 Å². The fraction of sp³-hybridized carbons (Fsp3) is 0.368. The van der Waals surface area contributed by atoms with Crippen molar-refractivity contribution in [3.63, 3.8) is 0 Å². The molecule has 2 aliphatic heterocycles. The Hall–Kier alpha value is -1.81. The maximum absolute atomic E-state index is 5.06. The Morgan fingerprint density at radius 1 is 1.17 bits per heavy atom. The predicted octanol–water partition coefficient (Wildman–Crippen LogP) is 4.37. The molecule has 0 unspecified atom stereocenters. The van der Waals surface area contributed by atoms with E-state index in [0.717, 1.165) is 17.9 Å². The summed E-state index contributed by atoms with van der Waals surface area (Å²) < 4.78 is 0. The molecule has 4 rings (SSSR count). The first-order valence-corrected chi connectivity index (χ1v) is 9.23. The predicted molar refractivity (Wildman–Crippen MR) is 96.7 cm³/mol. The summed E-state index contributed by atoms with van der Waals surface area (Å²) in [4.78, 5) is 12.2. The number of benzene rings is 1. The summed E-state index contributed by atoms with van der Waals surface area (Å²) in [6.07, 6.45) is 3.03. The van der Waals surface area contributed by atoms with Crippen molar-refractivity contribution < 1.29 is 0 Å². The molecule has 1 aromatic heterocycles. The van der Waals surface area contributed by atoms with Crippen LogP contribution < -0.4 is 0 Å². The molecule has 0 aliphatic carbocycles. The lowest BCUT2D eigenvalue weighted by molar-refractivity contribution is 0.254. The average molecular weight is 323 g/mol. The van der Waals surface area contributed by atoms with Gasteiger partial charge in [-0.25, -0.2) is 0 Å². The van der Waals surface area contributed by atoms with Gasteiger partial charge in [-0.05, 0) is 36.6 Å². The highest BCUT2D eigenvalue weighted by molar-refractivity contribution is 8.14. The fourth-order valence-electron chi connectivity index (χ4n) is 3.61. The van der Waals surface area contributed by atoms with E-state index in [1.807, 2.05) is 24.0 Å². The number of aliphatic imine (C=N–C) groups is 1. The van der Waals surface area contributed by atoms with Gasteiger partial charge in [-0.1, -0.05) is 49.0 Å². The van der Waals surface area contributed by atoms with Crippen molar-refractivity contribution in [3.05, 3.63) is 65.5 Å². The van der Waals surface area contributed by atoms with Gasteiger partial charge in [-0.3, -0.25) is 9.98 Å². The number of pyridine rings is 1. The number of hydrogen-bond donors (Lipinski definition) is 0. The van der Waals surface area contributed by atoms with Crippen LogP contribution in [0.25, 0.3) is 0 Å². The van der Waals surface area contributed by atoms with Gasteiger partial charge in [0.1, 0.15) is 6.04 Å². The van der Waals surface area contributed by atoms with Crippen molar-refractivity contribution in [3.8, 4) is 0 Å². The van der Waals surface area contributed by atoms with Crippen molar-refractivity contribution >= 4 is 16.9 Å². The summed E-state index contributed by atoms with van der Waals surface area (Å²) in [5.74, 6) is 1.15. The van der Waals surface area contributed by atoms with Crippen molar-refractivity contribution in [2.45, 2.75) is 38.4 Å². The quantitative estimate of drug-likeness (QED) is 0.840. The highest BCUT2D eigenvalue weighted by atomic mass is 32.2. The Morgan fingerprint density at radius 3 is 2.74 bits per heavy atom. The van der Waals surface area contributed by atoms with Gasteiger partial charge in [0.15, 0.2) is 5.17 Å². The Labute approximate surface area is 141 Å². The molecule has 0 spiro atoms. The second-order valence-electron chi connectivity index (χ2n) is 6.19. The van der Waals surface area contributed by atoms with Gasteiger partial charge in [-0.2, -0.15) is 0 Å². The van der Waals surface area contributed by atoms with Crippen LogP contribution in [0.4, 0.5) is 0 Å². The largest absolute Gasteiger partial charge is 0.338 e. The fourth-order valence-corrected chi connectivity index (χ4v) is 4.94. The molecule has 118 valence electrons. The molecule has 1 saturated heterocycles. The lowest BCUT2D eigenvalue weighted by atomic mass is 9.92. The van der Waals surface area contributed by atoms with E-state index in [-0.39, 0.29) is 12.1 Å². The van der Waals surface area contributed by atoms with Crippen LogP contribution in [0.1, 0.15) is 42.2 Å². The average Bonchev–Trinajstić information content (AvgIpc) is 3.15. The molecule has 3 nitrogen and oxygen atoms in total. The van der Waals surface area contributed by atoms with Crippen LogP contribution in [0.15, 0.2) is 53.7 Å². The monoisotopic (exact) mass is 323 g/mol. The molecular weight excluding hydrogens is 302 g/mol. The second-order valence-corrected chi connectivity index (χ2v) is 7.18. The summed E-state index contributed by atoms with van der Waals surface area (Å²) in [5.41, 5.74) is 3.78. The smallest absolute Gasteiger partial charge is 0.160 e. The van der Waals surface area contributed by atoms with E-state index < -0.39 is 0 Å². The van der Waals surface area contributed by atoms with Crippen LogP contribution in [0.2, 0.25) is 0 Å². The van der Waals surface area contributed by atoms with E-state index >= 15 is 0 Å². The van der Waals surface area contributed by atoms with Gasteiger partial charge in [0, 0.05) is 18.0 Å². The normalized spacial score (nSPS) is 26.3. The lowest BCUT2D eigenvalue weighted by Crippen LogP contribution is -2.35. The van der Waals surface area contributed by atoms with Gasteiger partial charge < -0.3 is 4.90 Å². The molecule has 0 amide bonds. The van der Waals surface area contributed by atoms with Crippen molar-refractivity contribution in [2.24, 2.45) is 4.99 Å². The number of aryl methyl sites for hydroxylation is 1. The van der Waals surface area contributed by atoms with Gasteiger partial charge in [-0.15, -0.1) is 0 Å². The minimum absolute atomic E-state index is 0.0918. The summed E-state index contributed by atoms with van der Waals surface area (Å²) in [6.45, 7) is 4.48. The van der Waals surface area contributed by atoms with E-state index in [1.165, 1.54) is 16.3 Å². The molecule has 0 radical (unpaired) electrons. The van der Waals surface area contributed by atoms with E-state index in [9.17, 15) is 0 Å². The molecule has 2 aromatic rings. The minimum atomic E-state index is 0.0918. The third-order valence-electron chi connectivity index (χ3n) is 4.84. The number of amidine groups is 1. The Balaban J connectivity index is 1.82. The van der Waals surface area contributed by atoms with Gasteiger partial charge >= 0.3 is 0 Å². The van der Waals surface area contributed by atoms with Crippen molar-refractivity contribution in [1.29, 1.82) is 0 Å². The first-order valence-electron chi connectivity index (χ1n) is 8.25. The molecule has 0 N–H and O–H groups in total. The molecule has 1 fully saturated rings. The molecule has 4 heteroatoms. The van der Waals surface area contributed by atoms with Crippen LogP contribution in [0, 0.1) is 6.92 Å². The zero-order valence-electron chi connectivity index (χ0n) is 13.5. The van der Waals surface area contributed by atoms with E-state index in [4.69, 9.17) is 4.99 Å². The maximum Gasteiger partial charge on any atom is 0.160 e. The highest BCUT2D eigenvalue weighted by Gasteiger charge is 2.45. The molecular formula is C19H21N3S. The number of nitrogens with zero attached hydrogens (tertiary/aromatic N) is 3. The zero-order valence-corrected chi connectivity index (χ0v) is 14.3. The van der Waals surface area contributed by atoms with Gasteiger partial charge in [0.25, 0.3) is 0 Å². The number of aromatic nitrogens is 1. The third kappa shape index (κ3) is 2.45. The van der Waals surface area contributed by atoms with E-state index in [2.05, 4.69) is 60.1 Å². The molecule has 3 heterocycles. The van der Waals surface area contributed by atoms with Crippen LogP contribution in [0.3, 0.4) is 0 Å². The first-order chi connectivity index (χ1) is 11.3. The SMILES string of the molecule is CC[C@@H]1CSC2=N[C@H](c3ccccn3)[C@H](c3ccccc3C)N21. The lowest BCUT2D eigenvalue weighted by Gasteiger charge is -2.32. The summed E-state index contributed by atoms with van der Waals surface area (Å²) in [6, 6.07) is 15.8. The molecule has 1 aromatic carbocycles. The van der Waals surface area contributed by atoms with Crippen LogP contribution in [-0.2, 0) is 0 Å². The molecule has 0 bridgehead atoms. The van der Waals surface area contributed by atoms with Gasteiger partial charge in [0.2, 0.25) is 0 Å². The molecule has 2 aliphatic rings. The second kappa shape index (κ2) is 6.00. The third-order valence-corrected chi connectivity index (χ3v) is 5.96. The molecule has 0 saturated carbocycles.